The number of amides is 1. The van der Waals surface area contributed by atoms with Crippen molar-refractivity contribution in [3.05, 3.63) is 0 Å². The fourth-order valence-corrected chi connectivity index (χ4v) is 0.348. The molecule has 0 saturated carbocycles. The van der Waals surface area contributed by atoms with Crippen LogP contribution < -0.4 is 5.32 Å². The van der Waals surface area contributed by atoms with Crippen molar-refractivity contribution in [1.29, 1.82) is 0 Å². The maximum Gasteiger partial charge on any atom is 0.407 e. The van der Waals surface area contributed by atoms with Crippen LogP contribution in [0.5, 0.6) is 0 Å². The summed E-state index contributed by atoms with van der Waals surface area (Å²) in [7, 11) is 3.25. The van der Waals surface area contributed by atoms with Gasteiger partial charge in [0.15, 0.2) is 0 Å². The highest BCUT2D eigenvalue weighted by Crippen LogP contribution is 1.82. The summed E-state index contributed by atoms with van der Waals surface area (Å²) >= 11 is 0. The Morgan fingerprint density at radius 3 is 2.00 bits per heavy atom. The lowest BCUT2D eigenvalue weighted by molar-refractivity contribution is 0.178. The summed E-state index contributed by atoms with van der Waals surface area (Å²) in [5.41, 5.74) is 0. The molecule has 0 radical (unpaired) electrons. The van der Waals surface area contributed by atoms with Crippen molar-refractivity contribution in [1.82, 2.24) is 5.32 Å². The zero-order valence-corrected chi connectivity index (χ0v) is 7.64. The molecular formula is C7H17NO3. The standard InChI is InChI=1S/C3H5NO2.C2H6O.C2H6/c5-3-4-1-2-6-3;1-3-2;1-2/h1-2H2,(H,4,5);1-2H3;1-2H3. The summed E-state index contributed by atoms with van der Waals surface area (Å²) < 4.78 is 8.65. The number of carbonyl (C=O) groups is 1. The van der Waals surface area contributed by atoms with Crippen molar-refractivity contribution in [3.8, 4) is 0 Å². The van der Waals surface area contributed by atoms with E-state index in [1.165, 1.54) is 0 Å². The average molecular weight is 163 g/mol. The number of hydrogen-bond acceptors (Lipinski definition) is 3. The van der Waals surface area contributed by atoms with Crippen molar-refractivity contribution in [2.45, 2.75) is 13.8 Å². The third-order valence-corrected chi connectivity index (χ3v) is 0.605. The first-order chi connectivity index (χ1) is 5.31. The van der Waals surface area contributed by atoms with Crippen LogP contribution in [0.4, 0.5) is 4.79 Å². The molecule has 0 aromatic carbocycles. The number of rotatable bonds is 0. The highest BCUT2D eigenvalue weighted by molar-refractivity contribution is 5.68. The lowest BCUT2D eigenvalue weighted by Crippen LogP contribution is -2.11. The van der Waals surface area contributed by atoms with E-state index in [0.717, 1.165) is 0 Å². The Bertz CT molecular complexity index is 77.8. The van der Waals surface area contributed by atoms with Crippen molar-refractivity contribution < 1.29 is 14.3 Å². The zero-order valence-electron chi connectivity index (χ0n) is 7.64. The van der Waals surface area contributed by atoms with E-state index in [9.17, 15) is 4.79 Å². The highest BCUT2D eigenvalue weighted by Gasteiger charge is 2.06. The van der Waals surface area contributed by atoms with E-state index in [2.05, 4.69) is 14.8 Å². The Labute approximate surface area is 67.9 Å². The second-order valence-corrected chi connectivity index (χ2v) is 1.47. The molecule has 1 rings (SSSR count). The Morgan fingerprint density at radius 2 is 1.91 bits per heavy atom. The molecule has 11 heavy (non-hydrogen) atoms. The minimum absolute atomic E-state index is 0.296. The van der Waals surface area contributed by atoms with Crippen LogP contribution in [0.25, 0.3) is 0 Å². The summed E-state index contributed by atoms with van der Waals surface area (Å²) in [6.07, 6.45) is -0.296. The number of carbonyl (C=O) groups excluding carboxylic acids is 1. The van der Waals surface area contributed by atoms with Gasteiger partial charge in [0.2, 0.25) is 0 Å². The lowest BCUT2D eigenvalue weighted by Gasteiger charge is -1.80. The van der Waals surface area contributed by atoms with Crippen LogP contribution in [0.3, 0.4) is 0 Å². The van der Waals surface area contributed by atoms with Crippen molar-refractivity contribution in [2.75, 3.05) is 27.4 Å². The van der Waals surface area contributed by atoms with E-state index in [-0.39, 0.29) is 6.09 Å². The third kappa shape index (κ3) is 12.4. The van der Waals surface area contributed by atoms with E-state index in [1.54, 1.807) is 14.2 Å². The van der Waals surface area contributed by atoms with Gasteiger partial charge in [-0.05, 0) is 0 Å². The van der Waals surface area contributed by atoms with Gasteiger partial charge < -0.3 is 14.8 Å². The zero-order chi connectivity index (χ0) is 9.11. The summed E-state index contributed by atoms with van der Waals surface area (Å²) in [5.74, 6) is 0. The highest BCUT2D eigenvalue weighted by atomic mass is 16.6. The van der Waals surface area contributed by atoms with Crippen LogP contribution in [-0.4, -0.2) is 33.5 Å². The maximum atomic E-state index is 9.91. The summed E-state index contributed by atoms with van der Waals surface area (Å²) in [5, 5.41) is 2.46. The molecule has 1 saturated heterocycles. The molecule has 0 spiro atoms. The smallest absolute Gasteiger partial charge is 0.407 e. The second-order valence-electron chi connectivity index (χ2n) is 1.47. The molecule has 4 nitrogen and oxygen atoms in total. The summed E-state index contributed by atoms with van der Waals surface area (Å²) in [6.45, 7) is 5.19. The first-order valence-corrected chi connectivity index (χ1v) is 3.62. The van der Waals surface area contributed by atoms with Crippen LogP contribution >= 0.6 is 0 Å². The largest absolute Gasteiger partial charge is 0.448 e. The Kier molecular flexibility index (Phi) is 14.0. The van der Waals surface area contributed by atoms with E-state index < -0.39 is 0 Å². The minimum Gasteiger partial charge on any atom is -0.448 e. The van der Waals surface area contributed by atoms with Gasteiger partial charge in [0, 0.05) is 14.2 Å². The molecule has 0 unspecified atom stereocenters. The SMILES string of the molecule is CC.COC.O=C1NCCO1. The fraction of sp³-hybridized carbons (Fsp3) is 0.857. The van der Waals surface area contributed by atoms with Crippen LogP contribution in [0.2, 0.25) is 0 Å². The summed E-state index contributed by atoms with van der Waals surface area (Å²) in [6, 6.07) is 0. The molecule has 0 aromatic heterocycles. The Balaban J connectivity index is 0. The molecule has 1 amide bonds. The Hall–Kier alpha value is -0.770. The lowest BCUT2D eigenvalue weighted by atomic mass is 10.7. The number of alkyl carbamates (subject to hydrolysis) is 1. The van der Waals surface area contributed by atoms with Gasteiger partial charge in [-0.25, -0.2) is 4.79 Å². The van der Waals surface area contributed by atoms with Crippen LogP contribution in [0, 0.1) is 0 Å². The first-order valence-electron chi connectivity index (χ1n) is 3.62. The predicted octanol–water partition coefficient (Wildman–Crippen LogP) is 1.01. The summed E-state index contributed by atoms with van der Waals surface area (Å²) in [4.78, 5) is 9.91. The maximum absolute atomic E-state index is 9.91. The van der Waals surface area contributed by atoms with E-state index >= 15 is 0 Å². The predicted molar refractivity (Wildman–Crippen MR) is 43.6 cm³/mol. The van der Waals surface area contributed by atoms with Crippen LogP contribution in [0.15, 0.2) is 0 Å². The molecule has 0 bridgehead atoms. The normalized spacial score (nSPS) is 12.9. The molecule has 0 aliphatic carbocycles. The molecule has 1 aliphatic heterocycles. The van der Waals surface area contributed by atoms with Gasteiger partial charge in [-0.15, -0.1) is 0 Å². The molecule has 1 aliphatic rings. The Morgan fingerprint density at radius 1 is 1.45 bits per heavy atom. The van der Waals surface area contributed by atoms with Gasteiger partial charge >= 0.3 is 6.09 Å². The van der Waals surface area contributed by atoms with Gasteiger partial charge in [-0.2, -0.15) is 0 Å². The van der Waals surface area contributed by atoms with Crippen LogP contribution in [-0.2, 0) is 9.47 Å². The first kappa shape index (κ1) is 12.9. The van der Waals surface area contributed by atoms with Gasteiger partial charge in [0.1, 0.15) is 6.61 Å². The number of hydrogen-bond donors (Lipinski definition) is 1. The number of nitrogens with one attached hydrogen (secondary N) is 1. The van der Waals surface area contributed by atoms with Crippen LogP contribution in [0.1, 0.15) is 13.8 Å². The second kappa shape index (κ2) is 12.0. The third-order valence-electron chi connectivity index (χ3n) is 0.605. The van der Waals surface area contributed by atoms with Gasteiger partial charge in [0.25, 0.3) is 0 Å². The molecule has 0 aromatic rings. The monoisotopic (exact) mass is 163 g/mol. The quantitative estimate of drug-likeness (QED) is 0.580. The van der Waals surface area contributed by atoms with Crippen molar-refractivity contribution in [3.63, 3.8) is 0 Å². The molecule has 68 valence electrons. The molecule has 1 N–H and O–H groups in total. The number of methoxy groups -OCH3 is 1. The molecule has 1 fully saturated rings. The number of cyclic esters (lactones) is 1. The van der Waals surface area contributed by atoms with Gasteiger partial charge in [0.05, 0.1) is 6.54 Å². The minimum atomic E-state index is -0.296. The topological polar surface area (TPSA) is 47.6 Å². The average Bonchev–Trinajstić information content (AvgIpc) is 2.46. The number of ether oxygens (including phenoxy) is 2. The molecule has 1 heterocycles. The van der Waals surface area contributed by atoms with Crippen molar-refractivity contribution in [2.24, 2.45) is 0 Å². The van der Waals surface area contributed by atoms with Gasteiger partial charge in [-0.3, -0.25) is 0 Å². The molecular weight excluding hydrogens is 146 g/mol. The van der Waals surface area contributed by atoms with E-state index in [1.807, 2.05) is 13.8 Å². The van der Waals surface area contributed by atoms with Crippen molar-refractivity contribution >= 4 is 6.09 Å². The fourth-order valence-electron chi connectivity index (χ4n) is 0.348. The van der Waals surface area contributed by atoms with E-state index in [0.29, 0.717) is 13.2 Å². The molecule has 0 atom stereocenters. The van der Waals surface area contributed by atoms with Gasteiger partial charge in [-0.1, -0.05) is 13.8 Å². The van der Waals surface area contributed by atoms with E-state index in [4.69, 9.17) is 0 Å². The molecule has 4 heteroatoms.